The fourth-order valence-corrected chi connectivity index (χ4v) is 4.01. The van der Waals surface area contributed by atoms with E-state index in [9.17, 15) is 22.8 Å². The van der Waals surface area contributed by atoms with E-state index >= 15 is 0 Å². The molecule has 1 N–H and O–H groups in total. The van der Waals surface area contributed by atoms with Crippen LogP contribution in [-0.4, -0.2) is 49.1 Å². The number of rotatable bonds is 3. The summed E-state index contributed by atoms with van der Waals surface area (Å²) in [4.78, 5) is 26.9. The maximum absolute atomic E-state index is 12.8. The SMILES string of the molecule is O=C(Nc1ccc(N2CCN(C(=O)C(F)(F)F)CC2)cc1)c1cccc2c(Cl)cccc12. The number of piperazine rings is 1. The van der Waals surface area contributed by atoms with E-state index in [4.69, 9.17) is 11.6 Å². The molecule has 3 aromatic rings. The Morgan fingerprint density at radius 1 is 0.844 bits per heavy atom. The minimum absolute atomic E-state index is 0.000468. The van der Waals surface area contributed by atoms with Gasteiger partial charge in [-0.1, -0.05) is 35.9 Å². The molecule has 1 heterocycles. The lowest BCUT2D eigenvalue weighted by atomic mass is 10.0. The Hall–Kier alpha value is -3.26. The molecule has 1 saturated heterocycles. The largest absolute Gasteiger partial charge is 0.471 e. The lowest BCUT2D eigenvalue weighted by Gasteiger charge is -2.36. The summed E-state index contributed by atoms with van der Waals surface area (Å²) in [7, 11) is 0. The van der Waals surface area contributed by atoms with Crippen LogP contribution in [0.3, 0.4) is 0 Å². The number of anilines is 2. The smallest absolute Gasteiger partial charge is 0.368 e. The summed E-state index contributed by atoms with van der Waals surface area (Å²) < 4.78 is 37.8. The lowest BCUT2D eigenvalue weighted by molar-refractivity contribution is -0.185. The molecule has 0 aromatic heterocycles. The quantitative estimate of drug-likeness (QED) is 0.600. The van der Waals surface area contributed by atoms with Crippen molar-refractivity contribution in [3.63, 3.8) is 0 Å². The van der Waals surface area contributed by atoms with Gasteiger partial charge < -0.3 is 15.1 Å². The van der Waals surface area contributed by atoms with Crippen LogP contribution in [-0.2, 0) is 4.79 Å². The normalized spacial score (nSPS) is 14.5. The minimum Gasteiger partial charge on any atom is -0.368 e. The van der Waals surface area contributed by atoms with E-state index < -0.39 is 12.1 Å². The summed E-state index contributed by atoms with van der Waals surface area (Å²) in [6, 6.07) is 17.8. The number of alkyl halides is 3. The van der Waals surface area contributed by atoms with Gasteiger partial charge in [-0.05, 0) is 41.8 Å². The molecule has 1 aliphatic heterocycles. The van der Waals surface area contributed by atoms with Gasteiger partial charge in [-0.15, -0.1) is 0 Å². The van der Waals surface area contributed by atoms with Gasteiger partial charge in [0.2, 0.25) is 0 Å². The third kappa shape index (κ3) is 4.50. The summed E-state index contributed by atoms with van der Waals surface area (Å²) in [5.41, 5.74) is 1.89. The topological polar surface area (TPSA) is 52.7 Å². The maximum atomic E-state index is 12.8. The fraction of sp³-hybridized carbons (Fsp3) is 0.217. The highest BCUT2D eigenvalue weighted by Crippen LogP contribution is 2.27. The molecule has 0 unspecified atom stereocenters. The van der Waals surface area contributed by atoms with Gasteiger partial charge in [0.05, 0.1) is 0 Å². The molecule has 1 aliphatic rings. The number of hydrogen-bond acceptors (Lipinski definition) is 3. The predicted molar refractivity (Wildman–Crippen MR) is 118 cm³/mol. The molecule has 32 heavy (non-hydrogen) atoms. The van der Waals surface area contributed by atoms with Crippen LogP contribution >= 0.6 is 11.6 Å². The van der Waals surface area contributed by atoms with Crippen molar-refractivity contribution in [2.24, 2.45) is 0 Å². The molecule has 0 saturated carbocycles. The van der Waals surface area contributed by atoms with Gasteiger partial charge in [0.15, 0.2) is 0 Å². The molecule has 0 radical (unpaired) electrons. The minimum atomic E-state index is -4.85. The van der Waals surface area contributed by atoms with Crippen molar-refractivity contribution >= 4 is 45.6 Å². The van der Waals surface area contributed by atoms with Crippen LogP contribution < -0.4 is 10.2 Å². The monoisotopic (exact) mass is 461 g/mol. The second-order valence-corrected chi connectivity index (χ2v) is 7.83. The first-order valence-corrected chi connectivity index (χ1v) is 10.3. The summed E-state index contributed by atoms with van der Waals surface area (Å²) in [5, 5.41) is 4.97. The van der Waals surface area contributed by atoms with Gasteiger partial charge in [-0.3, -0.25) is 9.59 Å². The van der Waals surface area contributed by atoms with Crippen LogP contribution in [0, 0.1) is 0 Å². The van der Waals surface area contributed by atoms with E-state index in [2.05, 4.69) is 5.32 Å². The van der Waals surface area contributed by atoms with Crippen molar-refractivity contribution in [3.05, 3.63) is 71.2 Å². The van der Waals surface area contributed by atoms with E-state index in [1.54, 1.807) is 48.5 Å². The molecule has 4 rings (SSSR count). The number of benzene rings is 3. The molecule has 2 amide bonds. The van der Waals surface area contributed by atoms with Gasteiger partial charge in [0, 0.05) is 53.5 Å². The molecule has 9 heteroatoms. The average Bonchev–Trinajstić information content (AvgIpc) is 2.78. The Bertz CT molecular complexity index is 1160. The predicted octanol–water partition coefficient (Wildman–Crippen LogP) is 4.96. The van der Waals surface area contributed by atoms with Crippen LogP contribution in [0.1, 0.15) is 10.4 Å². The number of fused-ring (bicyclic) bond motifs is 1. The highest BCUT2D eigenvalue weighted by Gasteiger charge is 2.43. The maximum Gasteiger partial charge on any atom is 0.471 e. The standard InChI is InChI=1S/C23H19ClF3N3O2/c24-20-6-2-3-17-18(20)4-1-5-19(17)21(31)28-15-7-9-16(10-8-15)29-11-13-30(14-12-29)22(32)23(25,26)27/h1-10H,11-14H2,(H,28,31). The molecular formula is C23H19ClF3N3O2. The molecule has 0 aliphatic carbocycles. The van der Waals surface area contributed by atoms with E-state index in [0.29, 0.717) is 29.4 Å². The molecule has 3 aromatic carbocycles. The highest BCUT2D eigenvalue weighted by molar-refractivity contribution is 6.36. The van der Waals surface area contributed by atoms with Crippen LogP contribution in [0.4, 0.5) is 24.5 Å². The van der Waals surface area contributed by atoms with E-state index in [-0.39, 0.29) is 19.0 Å². The third-order valence-electron chi connectivity index (χ3n) is 5.41. The zero-order chi connectivity index (χ0) is 22.9. The van der Waals surface area contributed by atoms with Crippen LogP contribution in [0.15, 0.2) is 60.7 Å². The Kier molecular flexibility index (Phi) is 5.97. The van der Waals surface area contributed by atoms with Crippen molar-refractivity contribution < 1.29 is 22.8 Å². The molecule has 0 atom stereocenters. The molecule has 5 nitrogen and oxygen atoms in total. The molecule has 0 spiro atoms. The number of nitrogens with zero attached hydrogens (tertiary/aromatic N) is 2. The van der Waals surface area contributed by atoms with E-state index in [1.807, 2.05) is 17.0 Å². The van der Waals surface area contributed by atoms with E-state index in [0.717, 1.165) is 21.4 Å². The van der Waals surface area contributed by atoms with Crippen molar-refractivity contribution in [3.8, 4) is 0 Å². The number of hydrogen-bond donors (Lipinski definition) is 1. The van der Waals surface area contributed by atoms with Crippen LogP contribution in [0.5, 0.6) is 0 Å². The Labute approximate surface area is 187 Å². The summed E-state index contributed by atoms with van der Waals surface area (Å²) in [5.74, 6) is -2.07. The van der Waals surface area contributed by atoms with Crippen LogP contribution in [0.2, 0.25) is 5.02 Å². The highest BCUT2D eigenvalue weighted by atomic mass is 35.5. The summed E-state index contributed by atoms with van der Waals surface area (Å²) >= 11 is 6.22. The number of carbonyl (C=O) groups excluding carboxylic acids is 2. The first kappa shape index (κ1) is 22.0. The van der Waals surface area contributed by atoms with Crippen molar-refractivity contribution in [2.75, 3.05) is 36.4 Å². The first-order valence-electron chi connectivity index (χ1n) is 9.94. The van der Waals surface area contributed by atoms with Gasteiger partial charge in [0.25, 0.3) is 5.91 Å². The molecular weight excluding hydrogens is 443 g/mol. The third-order valence-corrected chi connectivity index (χ3v) is 5.74. The second-order valence-electron chi connectivity index (χ2n) is 7.42. The number of nitrogens with one attached hydrogen (secondary N) is 1. The van der Waals surface area contributed by atoms with Gasteiger partial charge in [-0.2, -0.15) is 13.2 Å². The van der Waals surface area contributed by atoms with Gasteiger partial charge >= 0.3 is 12.1 Å². The van der Waals surface area contributed by atoms with E-state index in [1.165, 1.54) is 0 Å². The molecule has 0 bridgehead atoms. The number of carbonyl (C=O) groups is 2. The second kappa shape index (κ2) is 8.70. The lowest BCUT2D eigenvalue weighted by Crippen LogP contribution is -2.52. The zero-order valence-corrected chi connectivity index (χ0v) is 17.6. The first-order chi connectivity index (χ1) is 15.2. The van der Waals surface area contributed by atoms with Gasteiger partial charge in [-0.25, -0.2) is 0 Å². The van der Waals surface area contributed by atoms with Crippen LogP contribution in [0.25, 0.3) is 10.8 Å². The number of halogens is 4. The van der Waals surface area contributed by atoms with Crippen molar-refractivity contribution in [1.82, 2.24) is 4.90 Å². The van der Waals surface area contributed by atoms with Crippen molar-refractivity contribution in [2.45, 2.75) is 6.18 Å². The fourth-order valence-electron chi connectivity index (χ4n) is 3.77. The Morgan fingerprint density at radius 3 is 2.12 bits per heavy atom. The zero-order valence-electron chi connectivity index (χ0n) is 16.8. The molecule has 166 valence electrons. The summed E-state index contributed by atoms with van der Waals surface area (Å²) in [6.45, 7) is 0.593. The van der Waals surface area contributed by atoms with Crippen molar-refractivity contribution in [1.29, 1.82) is 0 Å². The average molecular weight is 462 g/mol. The van der Waals surface area contributed by atoms with Gasteiger partial charge in [0.1, 0.15) is 0 Å². The Balaban J connectivity index is 1.41. The molecule has 1 fully saturated rings. The Morgan fingerprint density at radius 2 is 1.47 bits per heavy atom. The summed E-state index contributed by atoms with van der Waals surface area (Å²) in [6.07, 6.45) is -4.85. The number of amides is 2.